The van der Waals surface area contributed by atoms with E-state index in [1.54, 1.807) is 19.1 Å². The third-order valence-electron chi connectivity index (χ3n) is 2.94. The summed E-state index contributed by atoms with van der Waals surface area (Å²) >= 11 is 0. The lowest BCUT2D eigenvalue weighted by Gasteiger charge is -2.09. The predicted molar refractivity (Wildman–Crippen MR) is 82.1 cm³/mol. The summed E-state index contributed by atoms with van der Waals surface area (Å²) in [4.78, 5) is 10.1. The van der Waals surface area contributed by atoms with Gasteiger partial charge in [0.05, 0.1) is 16.3 Å². The quantitative estimate of drug-likeness (QED) is 0.500. The maximum absolute atomic E-state index is 12.1. The van der Waals surface area contributed by atoms with Gasteiger partial charge in [0.25, 0.3) is 5.69 Å². The number of alkyl halides is 3. The summed E-state index contributed by atoms with van der Waals surface area (Å²) in [5.41, 5.74) is 4.35. The van der Waals surface area contributed by atoms with Gasteiger partial charge in [-0.25, -0.2) is 0 Å². The average molecular weight is 339 g/mol. The van der Waals surface area contributed by atoms with E-state index in [4.69, 9.17) is 0 Å². The molecule has 0 aliphatic carbocycles. The Labute approximate surface area is 134 Å². The molecule has 0 saturated carbocycles. The van der Waals surface area contributed by atoms with Gasteiger partial charge in [0.1, 0.15) is 5.75 Å². The SMILES string of the molecule is C/C(=N\Nc1ccc(OC(F)(F)F)cc1)c1ccc([N+](=O)[O-])cc1. The van der Waals surface area contributed by atoms with E-state index in [9.17, 15) is 23.3 Å². The number of nitrogens with one attached hydrogen (secondary N) is 1. The van der Waals surface area contributed by atoms with Gasteiger partial charge in [0, 0.05) is 12.1 Å². The molecule has 0 amide bonds. The topological polar surface area (TPSA) is 76.8 Å². The number of anilines is 1. The van der Waals surface area contributed by atoms with E-state index in [1.165, 1.54) is 24.3 Å². The first kappa shape index (κ1) is 17.3. The Morgan fingerprint density at radius 1 is 1.12 bits per heavy atom. The fourth-order valence-electron chi connectivity index (χ4n) is 1.77. The minimum atomic E-state index is -4.74. The number of rotatable bonds is 5. The number of hydrogen-bond acceptors (Lipinski definition) is 5. The van der Waals surface area contributed by atoms with Crippen LogP contribution in [0.1, 0.15) is 12.5 Å². The minimum absolute atomic E-state index is 0.0280. The van der Waals surface area contributed by atoms with Gasteiger partial charge in [0.2, 0.25) is 0 Å². The van der Waals surface area contributed by atoms with Gasteiger partial charge < -0.3 is 4.74 Å². The van der Waals surface area contributed by atoms with E-state index in [0.29, 0.717) is 17.0 Å². The van der Waals surface area contributed by atoms with Crippen molar-refractivity contribution < 1.29 is 22.8 Å². The lowest BCUT2D eigenvalue weighted by Crippen LogP contribution is -2.16. The highest BCUT2D eigenvalue weighted by Gasteiger charge is 2.30. The number of nitrogens with zero attached hydrogens (tertiary/aromatic N) is 2. The lowest BCUT2D eigenvalue weighted by atomic mass is 10.1. The monoisotopic (exact) mass is 339 g/mol. The molecule has 1 N–H and O–H groups in total. The molecule has 2 aromatic carbocycles. The molecule has 126 valence electrons. The molecule has 0 aromatic heterocycles. The zero-order chi connectivity index (χ0) is 17.7. The van der Waals surface area contributed by atoms with Crippen LogP contribution in [0.2, 0.25) is 0 Å². The molecule has 2 rings (SSSR count). The molecule has 0 bridgehead atoms. The second-order valence-electron chi connectivity index (χ2n) is 4.69. The molecule has 6 nitrogen and oxygen atoms in total. The summed E-state index contributed by atoms with van der Waals surface area (Å²) in [5, 5.41) is 14.7. The fraction of sp³-hybridized carbons (Fsp3) is 0.133. The van der Waals surface area contributed by atoms with Crippen LogP contribution in [0.4, 0.5) is 24.5 Å². The van der Waals surface area contributed by atoms with Crippen molar-refractivity contribution in [1.29, 1.82) is 0 Å². The van der Waals surface area contributed by atoms with Gasteiger partial charge >= 0.3 is 6.36 Å². The van der Waals surface area contributed by atoms with Crippen LogP contribution in [0.5, 0.6) is 5.75 Å². The van der Waals surface area contributed by atoms with Crippen LogP contribution >= 0.6 is 0 Å². The van der Waals surface area contributed by atoms with Crippen molar-refractivity contribution >= 4 is 17.1 Å². The van der Waals surface area contributed by atoms with Crippen LogP contribution in [0, 0.1) is 10.1 Å². The fourth-order valence-corrected chi connectivity index (χ4v) is 1.77. The van der Waals surface area contributed by atoms with Gasteiger partial charge in [0.15, 0.2) is 0 Å². The number of benzene rings is 2. The Morgan fingerprint density at radius 3 is 2.21 bits per heavy atom. The highest BCUT2D eigenvalue weighted by atomic mass is 19.4. The van der Waals surface area contributed by atoms with Gasteiger partial charge in [-0.1, -0.05) is 0 Å². The number of hydrazone groups is 1. The Kier molecular flexibility index (Phi) is 5.02. The number of hydrogen-bond donors (Lipinski definition) is 1. The molecule has 0 aliphatic rings. The van der Waals surface area contributed by atoms with E-state index < -0.39 is 11.3 Å². The van der Waals surface area contributed by atoms with Crippen molar-refractivity contribution in [3.8, 4) is 5.75 Å². The van der Waals surface area contributed by atoms with Crippen LogP contribution in [0.15, 0.2) is 53.6 Å². The average Bonchev–Trinajstić information content (AvgIpc) is 2.52. The Balaban J connectivity index is 2.02. The lowest BCUT2D eigenvalue weighted by molar-refractivity contribution is -0.384. The molecule has 2 aromatic rings. The van der Waals surface area contributed by atoms with Crippen molar-refractivity contribution in [1.82, 2.24) is 0 Å². The maximum Gasteiger partial charge on any atom is 0.573 e. The van der Waals surface area contributed by atoms with Crippen LogP contribution in [0.3, 0.4) is 0 Å². The first-order chi connectivity index (χ1) is 11.2. The van der Waals surface area contributed by atoms with Crippen LogP contribution in [-0.2, 0) is 0 Å². The molecule has 0 atom stereocenters. The number of nitro benzene ring substituents is 1. The van der Waals surface area contributed by atoms with E-state index in [0.717, 1.165) is 12.1 Å². The molecule has 0 fully saturated rings. The van der Waals surface area contributed by atoms with Gasteiger partial charge in [-0.15, -0.1) is 13.2 Å². The Bertz CT molecular complexity index is 741. The summed E-state index contributed by atoms with van der Waals surface area (Å²) in [7, 11) is 0. The standard InChI is InChI=1S/C15H12F3N3O3/c1-10(11-2-6-13(7-3-11)21(22)23)19-20-12-4-8-14(9-5-12)24-15(16,17)18/h2-9,20H,1H3/b19-10+. The number of non-ortho nitro benzene ring substituents is 1. The smallest absolute Gasteiger partial charge is 0.406 e. The van der Waals surface area contributed by atoms with Gasteiger partial charge in [-0.3, -0.25) is 15.5 Å². The molecule has 0 radical (unpaired) electrons. The number of nitro groups is 1. The Morgan fingerprint density at radius 2 is 1.71 bits per heavy atom. The van der Waals surface area contributed by atoms with Gasteiger partial charge in [-0.2, -0.15) is 5.10 Å². The summed E-state index contributed by atoms with van der Waals surface area (Å²) < 4.78 is 39.9. The molecule has 0 unspecified atom stereocenters. The van der Waals surface area contributed by atoms with Crippen molar-refractivity contribution in [3.05, 3.63) is 64.2 Å². The third-order valence-corrected chi connectivity index (χ3v) is 2.94. The first-order valence-corrected chi connectivity index (χ1v) is 6.65. The van der Waals surface area contributed by atoms with E-state index in [1.807, 2.05) is 0 Å². The molecule has 0 aliphatic heterocycles. The second kappa shape index (κ2) is 6.99. The molecule has 0 spiro atoms. The molecule has 0 saturated heterocycles. The van der Waals surface area contributed by atoms with Crippen molar-refractivity contribution in [2.75, 3.05) is 5.43 Å². The largest absolute Gasteiger partial charge is 0.573 e. The molecular formula is C15H12F3N3O3. The number of ether oxygens (including phenoxy) is 1. The highest BCUT2D eigenvalue weighted by Crippen LogP contribution is 2.24. The van der Waals surface area contributed by atoms with E-state index in [-0.39, 0.29) is 11.4 Å². The number of halogens is 3. The molecule has 0 heterocycles. The summed E-state index contributed by atoms with van der Waals surface area (Å²) in [6.45, 7) is 1.69. The van der Waals surface area contributed by atoms with Crippen molar-refractivity contribution in [3.63, 3.8) is 0 Å². The summed E-state index contributed by atoms with van der Waals surface area (Å²) in [5.74, 6) is -0.330. The summed E-state index contributed by atoms with van der Waals surface area (Å²) in [6.07, 6.45) is -4.74. The Hall–Kier alpha value is -3.10. The zero-order valence-electron chi connectivity index (χ0n) is 12.4. The first-order valence-electron chi connectivity index (χ1n) is 6.65. The zero-order valence-corrected chi connectivity index (χ0v) is 12.4. The van der Waals surface area contributed by atoms with E-state index >= 15 is 0 Å². The third kappa shape index (κ3) is 4.97. The minimum Gasteiger partial charge on any atom is -0.406 e. The second-order valence-corrected chi connectivity index (χ2v) is 4.69. The van der Waals surface area contributed by atoms with Crippen molar-refractivity contribution in [2.45, 2.75) is 13.3 Å². The normalized spacial score (nSPS) is 11.9. The molecule has 24 heavy (non-hydrogen) atoms. The van der Waals surface area contributed by atoms with Gasteiger partial charge in [-0.05, 0) is 48.9 Å². The van der Waals surface area contributed by atoms with Crippen LogP contribution < -0.4 is 10.2 Å². The molecule has 9 heteroatoms. The van der Waals surface area contributed by atoms with Crippen molar-refractivity contribution in [2.24, 2.45) is 5.10 Å². The predicted octanol–water partition coefficient (Wildman–Crippen LogP) is 4.33. The van der Waals surface area contributed by atoms with Crippen LogP contribution in [0.25, 0.3) is 0 Å². The summed E-state index contributed by atoms with van der Waals surface area (Å²) in [6, 6.07) is 10.9. The maximum atomic E-state index is 12.1. The van der Waals surface area contributed by atoms with E-state index in [2.05, 4.69) is 15.3 Å². The molecular weight excluding hydrogens is 327 g/mol. The highest BCUT2D eigenvalue weighted by molar-refractivity contribution is 5.99. The van der Waals surface area contributed by atoms with Crippen LogP contribution in [-0.4, -0.2) is 17.0 Å².